The minimum Gasteiger partial charge on any atom is -0.378 e. The molecule has 0 bridgehead atoms. The minimum absolute atomic E-state index is 0.300. The summed E-state index contributed by atoms with van der Waals surface area (Å²) in [5, 5.41) is 15.2. The Bertz CT molecular complexity index is 1200. The van der Waals surface area contributed by atoms with Crippen LogP contribution in [0.5, 0.6) is 0 Å². The molecule has 5 rings (SSSR count). The maximum atomic E-state index is 12.8. The fourth-order valence-corrected chi connectivity index (χ4v) is 3.27. The van der Waals surface area contributed by atoms with Gasteiger partial charge in [0.2, 0.25) is 0 Å². The second-order valence-corrected chi connectivity index (χ2v) is 6.75. The van der Waals surface area contributed by atoms with Gasteiger partial charge in [-0.2, -0.15) is 9.61 Å². The molecule has 1 amide bonds. The normalized spacial score (nSPS) is 14.1. The average Bonchev–Trinajstić information content (AvgIpc) is 3.28. The molecule has 1 aliphatic heterocycles. The molecule has 1 fully saturated rings. The van der Waals surface area contributed by atoms with E-state index in [1.807, 2.05) is 36.4 Å². The topological polar surface area (TPSA) is 110 Å². The van der Waals surface area contributed by atoms with Crippen molar-refractivity contribution in [1.82, 2.24) is 29.8 Å². The zero-order valence-electron chi connectivity index (χ0n) is 16.0. The van der Waals surface area contributed by atoms with Crippen LogP contribution in [0.15, 0.2) is 55.1 Å². The number of nitrogens with zero attached hydrogens (tertiary/aromatic N) is 7. The number of hydrogen-bond donors (Lipinski definition) is 1. The number of anilines is 2. The van der Waals surface area contributed by atoms with Gasteiger partial charge in [0.15, 0.2) is 5.65 Å². The lowest BCUT2D eigenvalue weighted by molar-refractivity contribution is 0.102. The van der Waals surface area contributed by atoms with Gasteiger partial charge in [-0.15, -0.1) is 10.2 Å². The highest BCUT2D eigenvalue weighted by Gasteiger charge is 2.16. The van der Waals surface area contributed by atoms with Crippen LogP contribution in [0, 0.1) is 0 Å². The molecule has 1 N–H and O–H groups in total. The van der Waals surface area contributed by atoms with E-state index in [1.54, 1.807) is 16.9 Å². The molecule has 150 valence electrons. The molecule has 0 atom stereocenters. The molecule has 4 heterocycles. The Hall–Kier alpha value is -3.92. The lowest BCUT2D eigenvalue weighted by atomic mass is 10.1. The Balaban J connectivity index is 1.35. The molecule has 0 aliphatic carbocycles. The third-order valence-electron chi connectivity index (χ3n) is 4.80. The number of ether oxygens (including phenoxy) is 1. The lowest BCUT2D eigenvalue weighted by Crippen LogP contribution is -2.37. The number of carbonyl (C=O) groups is 1. The van der Waals surface area contributed by atoms with E-state index in [0.717, 1.165) is 30.2 Å². The number of amides is 1. The van der Waals surface area contributed by atoms with Crippen LogP contribution >= 0.6 is 0 Å². The lowest BCUT2D eigenvalue weighted by Gasteiger charge is -2.27. The molecule has 1 aromatic carbocycles. The van der Waals surface area contributed by atoms with Crippen molar-refractivity contribution < 1.29 is 9.53 Å². The van der Waals surface area contributed by atoms with Crippen molar-refractivity contribution >= 4 is 23.1 Å². The van der Waals surface area contributed by atoms with E-state index in [0.29, 0.717) is 30.2 Å². The van der Waals surface area contributed by atoms with Gasteiger partial charge in [0.1, 0.15) is 24.2 Å². The van der Waals surface area contributed by atoms with Crippen molar-refractivity contribution in [3.8, 4) is 11.3 Å². The second-order valence-electron chi connectivity index (χ2n) is 6.75. The van der Waals surface area contributed by atoms with Crippen LogP contribution in [0.1, 0.15) is 10.5 Å². The molecule has 1 saturated heterocycles. The van der Waals surface area contributed by atoms with E-state index in [2.05, 4.69) is 35.5 Å². The van der Waals surface area contributed by atoms with E-state index >= 15 is 0 Å². The number of hydrogen-bond acceptors (Lipinski definition) is 8. The fraction of sp³-hybridized carbons (Fsp3) is 0.200. The minimum atomic E-state index is -0.300. The third-order valence-corrected chi connectivity index (χ3v) is 4.80. The molecule has 0 saturated carbocycles. The first-order valence-electron chi connectivity index (χ1n) is 9.50. The largest absolute Gasteiger partial charge is 0.378 e. The first-order chi connectivity index (χ1) is 14.8. The molecular weight excluding hydrogens is 384 g/mol. The Morgan fingerprint density at radius 3 is 2.87 bits per heavy atom. The van der Waals surface area contributed by atoms with Crippen LogP contribution < -0.4 is 10.2 Å². The predicted molar refractivity (Wildman–Crippen MR) is 109 cm³/mol. The summed E-state index contributed by atoms with van der Waals surface area (Å²) in [5.41, 5.74) is 3.23. The van der Waals surface area contributed by atoms with E-state index in [1.165, 1.54) is 6.33 Å². The highest BCUT2D eigenvalue weighted by molar-refractivity contribution is 6.03. The van der Waals surface area contributed by atoms with Crippen molar-refractivity contribution in [3.63, 3.8) is 0 Å². The summed E-state index contributed by atoms with van der Waals surface area (Å²) in [7, 11) is 0. The van der Waals surface area contributed by atoms with Gasteiger partial charge in [-0.1, -0.05) is 12.1 Å². The molecule has 0 unspecified atom stereocenters. The number of benzene rings is 1. The first kappa shape index (κ1) is 18.1. The molecule has 4 aromatic rings. The van der Waals surface area contributed by atoms with Crippen molar-refractivity contribution in [1.29, 1.82) is 0 Å². The Kier molecular flexibility index (Phi) is 4.74. The zero-order chi connectivity index (χ0) is 20.3. The standard InChI is InChI=1S/C20H18N8O2/c29-20(17-11-19(22-12-21-17)27-6-8-30-9-7-27)24-15-3-1-2-14(10-15)16-4-5-18-25-23-13-28(18)26-16/h1-5,10-13H,6-9H2,(H,24,29). The summed E-state index contributed by atoms with van der Waals surface area (Å²) < 4.78 is 6.97. The number of rotatable bonds is 4. The smallest absolute Gasteiger partial charge is 0.274 e. The molecule has 0 radical (unpaired) electrons. The van der Waals surface area contributed by atoms with Gasteiger partial charge in [0, 0.05) is 30.4 Å². The van der Waals surface area contributed by atoms with E-state index in [4.69, 9.17) is 4.74 Å². The Morgan fingerprint density at radius 1 is 1.07 bits per heavy atom. The summed E-state index contributed by atoms with van der Waals surface area (Å²) in [6.07, 6.45) is 2.96. The van der Waals surface area contributed by atoms with Gasteiger partial charge in [0.25, 0.3) is 5.91 Å². The van der Waals surface area contributed by atoms with Crippen LogP contribution in [-0.4, -0.2) is 62.0 Å². The summed E-state index contributed by atoms with van der Waals surface area (Å²) in [5.74, 6) is 0.421. The van der Waals surface area contributed by atoms with Crippen molar-refractivity contribution in [2.45, 2.75) is 0 Å². The van der Waals surface area contributed by atoms with E-state index in [9.17, 15) is 4.79 Å². The van der Waals surface area contributed by atoms with Gasteiger partial charge in [-0.25, -0.2) is 9.97 Å². The molecular formula is C20H18N8O2. The zero-order valence-corrected chi connectivity index (χ0v) is 16.0. The van der Waals surface area contributed by atoms with E-state index < -0.39 is 0 Å². The summed E-state index contributed by atoms with van der Waals surface area (Å²) in [6.45, 7) is 2.77. The van der Waals surface area contributed by atoms with Crippen molar-refractivity contribution in [2.24, 2.45) is 0 Å². The molecule has 3 aromatic heterocycles. The predicted octanol–water partition coefficient (Wildman–Crippen LogP) is 1.67. The summed E-state index contributed by atoms with van der Waals surface area (Å²) in [6, 6.07) is 12.9. The monoisotopic (exact) mass is 402 g/mol. The van der Waals surface area contributed by atoms with E-state index in [-0.39, 0.29) is 5.91 Å². The summed E-state index contributed by atoms with van der Waals surface area (Å²) in [4.78, 5) is 23.2. The maximum Gasteiger partial charge on any atom is 0.274 e. The number of aromatic nitrogens is 6. The highest BCUT2D eigenvalue weighted by atomic mass is 16.5. The number of carbonyl (C=O) groups excluding carboxylic acids is 1. The van der Waals surface area contributed by atoms with Gasteiger partial charge in [-0.3, -0.25) is 4.79 Å². The molecule has 0 spiro atoms. The van der Waals surface area contributed by atoms with Gasteiger partial charge < -0.3 is 15.0 Å². The number of morpholine rings is 1. The average molecular weight is 402 g/mol. The third kappa shape index (κ3) is 3.67. The van der Waals surface area contributed by atoms with Crippen LogP contribution in [0.2, 0.25) is 0 Å². The summed E-state index contributed by atoms with van der Waals surface area (Å²) >= 11 is 0. The van der Waals surface area contributed by atoms with Crippen LogP contribution in [0.4, 0.5) is 11.5 Å². The highest BCUT2D eigenvalue weighted by Crippen LogP contribution is 2.22. The van der Waals surface area contributed by atoms with Gasteiger partial charge in [-0.05, 0) is 24.3 Å². The van der Waals surface area contributed by atoms with Crippen LogP contribution in [0.3, 0.4) is 0 Å². The van der Waals surface area contributed by atoms with Crippen LogP contribution in [-0.2, 0) is 4.74 Å². The molecule has 10 heteroatoms. The Morgan fingerprint density at radius 2 is 1.97 bits per heavy atom. The second kappa shape index (κ2) is 7.84. The molecule has 10 nitrogen and oxygen atoms in total. The first-order valence-corrected chi connectivity index (χ1v) is 9.50. The van der Waals surface area contributed by atoms with Crippen molar-refractivity contribution in [2.75, 3.05) is 36.5 Å². The molecule has 1 aliphatic rings. The SMILES string of the molecule is O=C(Nc1cccc(-c2ccc3nncn3n2)c1)c1cc(N2CCOCC2)ncn1. The van der Waals surface area contributed by atoms with Crippen LogP contribution in [0.25, 0.3) is 16.9 Å². The fourth-order valence-electron chi connectivity index (χ4n) is 3.27. The molecule has 30 heavy (non-hydrogen) atoms. The maximum absolute atomic E-state index is 12.8. The van der Waals surface area contributed by atoms with Gasteiger partial charge >= 0.3 is 0 Å². The number of nitrogens with one attached hydrogen (secondary N) is 1. The van der Waals surface area contributed by atoms with Gasteiger partial charge in [0.05, 0.1) is 18.9 Å². The quantitative estimate of drug-likeness (QED) is 0.549. The number of fused-ring (bicyclic) bond motifs is 1. The Labute approximate surface area is 171 Å². The van der Waals surface area contributed by atoms with Crippen molar-refractivity contribution in [3.05, 3.63) is 60.8 Å².